The van der Waals surface area contributed by atoms with Gasteiger partial charge in [-0.25, -0.2) is 4.68 Å². The molecule has 33 heavy (non-hydrogen) atoms. The first-order chi connectivity index (χ1) is 16.1. The van der Waals surface area contributed by atoms with Crippen LogP contribution in [-0.4, -0.2) is 9.78 Å². The van der Waals surface area contributed by atoms with E-state index in [0.717, 1.165) is 46.9 Å². The van der Waals surface area contributed by atoms with Crippen LogP contribution in [0.5, 0.6) is 0 Å². The van der Waals surface area contributed by atoms with Crippen LogP contribution in [0.2, 0.25) is 0 Å². The molecule has 0 amide bonds. The van der Waals surface area contributed by atoms with Gasteiger partial charge in [-0.2, -0.15) is 5.10 Å². The molecule has 1 saturated carbocycles. The summed E-state index contributed by atoms with van der Waals surface area (Å²) in [6.45, 7) is 0.192. The van der Waals surface area contributed by atoms with E-state index in [-0.39, 0.29) is 17.6 Å². The summed E-state index contributed by atoms with van der Waals surface area (Å²) < 4.78 is 8.17. The van der Waals surface area contributed by atoms with Crippen molar-refractivity contribution in [2.24, 2.45) is 11.5 Å². The second-order valence-corrected chi connectivity index (χ2v) is 8.80. The molecule has 0 aliphatic heterocycles. The standard InChI is InChI=1S/C27H24N4O2/c28-16-31-23-19(15-30-31)9-12-21-24(32)22(25(33-26(21)23)18-5-2-1-3-6-18)17-7-10-20(11-8-17)27(29)13-4-14-27/h1-3,5-12,15H,4,13-14,16,28-29H2. The Hall–Kier alpha value is -3.74. The molecule has 0 atom stereocenters. The molecule has 164 valence electrons. The number of fused-ring (bicyclic) bond motifs is 3. The second-order valence-electron chi connectivity index (χ2n) is 8.80. The van der Waals surface area contributed by atoms with Crippen LogP contribution >= 0.6 is 0 Å². The van der Waals surface area contributed by atoms with Crippen molar-refractivity contribution in [1.29, 1.82) is 0 Å². The largest absolute Gasteiger partial charge is 0.453 e. The number of nitrogens with zero attached hydrogens (tertiary/aromatic N) is 2. The van der Waals surface area contributed by atoms with Crippen LogP contribution < -0.4 is 16.9 Å². The third-order valence-corrected chi connectivity index (χ3v) is 6.86. The summed E-state index contributed by atoms with van der Waals surface area (Å²) in [6.07, 6.45) is 4.87. The van der Waals surface area contributed by atoms with Crippen molar-refractivity contribution in [3.63, 3.8) is 0 Å². The van der Waals surface area contributed by atoms with Crippen molar-refractivity contribution in [3.8, 4) is 22.5 Å². The van der Waals surface area contributed by atoms with E-state index in [1.807, 2.05) is 66.7 Å². The van der Waals surface area contributed by atoms with Crippen molar-refractivity contribution >= 4 is 21.9 Å². The van der Waals surface area contributed by atoms with Gasteiger partial charge in [-0.1, -0.05) is 60.7 Å². The number of nitrogens with two attached hydrogens (primary N) is 2. The summed E-state index contributed by atoms with van der Waals surface area (Å²) in [5.74, 6) is 0.532. The van der Waals surface area contributed by atoms with E-state index in [0.29, 0.717) is 22.3 Å². The fourth-order valence-corrected chi connectivity index (χ4v) is 4.83. The molecular formula is C27H24N4O2. The van der Waals surface area contributed by atoms with Gasteiger partial charge in [0.2, 0.25) is 5.43 Å². The number of benzene rings is 3. The van der Waals surface area contributed by atoms with E-state index in [9.17, 15) is 4.79 Å². The number of aromatic nitrogens is 2. The Kier molecular flexibility index (Phi) is 4.47. The number of hydrogen-bond acceptors (Lipinski definition) is 5. The molecule has 0 bridgehead atoms. The molecule has 0 spiro atoms. The lowest BCUT2D eigenvalue weighted by Crippen LogP contribution is -2.43. The Balaban J connectivity index is 1.65. The molecule has 3 aromatic carbocycles. The topological polar surface area (TPSA) is 100 Å². The van der Waals surface area contributed by atoms with E-state index < -0.39 is 0 Å². The first kappa shape index (κ1) is 19.9. The Morgan fingerprint density at radius 2 is 1.73 bits per heavy atom. The molecule has 0 unspecified atom stereocenters. The first-order valence-electron chi connectivity index (χ1n) is 11.2. The zero-order chi connectivity index (χ0) is 22.6. The lowest BCUT2D eigenvalue weighted by Gasteiger charge is -2.38. The van der Waals surface area contributed by atoms with E-state index in [1.54, 1.807) is 10.9 Å². The highest BCUT2D eigenvalue weighted by molar-refractivity contribution is 6.04. The minimum Gasteiger partial charge on any atom is -0.453 e. The summed E-state index contributed by atoms with van der Waals surface area (Å²) in [6, 6.07) is 21.5. The monoisotopic (exact) mass is 436 g/mol. The maximum absolute atomic E-state index is 13.9. The normalized spacial score (nSPS) is 15.1. The van der Waals surface area contributed by atoms with Crippen LogP contribution in [0.1, 0.15) is 24.8 Å². The predicted molar refractivity (Wildman–Crippen MR) is 131 cm³/mol. The van der Waals surface area contributed by atoms with Gasteiger partial charge in [0.1, 0.15) is 11.3 Å². The van der Waals surface area contributed by atoms with E-state index in [2.05, 4.69) is 5.10 Å². The van der Waals surface area contributed by atoms with Crippen molar-refractivity contribution < 1.29 is 4.42 Å². The quantitative estimate of drug-likeness (QED) is 0.424. The molecule has 6 heteroatoms. The highest BCUT2D eigenvalue weighted by Gasteiger charge is 2.34. The Morgan fingerprint density at radius 3 is 2.39 bits per heavy atom. The van der Waals surface area contributed by atoms with Gasteiger partial charge in [-0.05, 0) is 36.5 Å². The van der Waals surface area contributed by atoms with Gasteiger partial charge in [-0.15, -0.1) is 0 Å². The fourth-order valence-electron chi connectivity index (χ4n) is 4.83. The van der Waals surface area contributed by atoms with Crippen molar-refractivity contribution in [3.05, 3.63) is 88.7 Å². The molecule has 1 fully saturated rings. The number of hydrogen-bond donors (Lipinski definition) is 2. The van der Waals surface area contributed by atoms with E-state index in [4.69, 9.17) is 15.9 Å². The summed E-state index contributed by atoms with van der Waals surface area (Å²) in [5.41, 5.74) is 16.6. The zero-order valence-corrected chi connectivity index (χ0v) is 18.1. The average Bonchev–Trinajstić information content (AvgIpc) is 3.27. The average molecular weight is 437 g/mol. The van der Waals surface area contributed by atoms with Crippen molar-refractivity contribution in [2.45, 2.75) is 31.5 Å². The number of rotatable bonds is 4. The molecule has 4 N–H and O–H groups in total. The van der Waals surface area contributed by atoms with Crippen molar-refractivity contribution in [2.75, 3.05) is 0 Å². The summed E-state index contributed by atoms with van der Waals surface area (Å²) in [4.78, 5) is 13.9. The Bertz CT molecular complexity index is 1550. The molecule has 2 aromatic heterocycles. The maximum atomic E-state index is 13.9. The summed E-state index contributed by atoms with van der Waals surface area (Å²) in [7, 11) is 0. The highest BCUT2D eigenvalue weighted by atomic mass is 16.3. The first-order valence-corrected chi connectivity index (χ1v) is 11.2. The van der Waals surface area contributed by atoms with Crippen LogP contribution in [0.4, 0.5) is 0 Å². The lowest BCUT2D eigenvalue weighted by molar-refractivity contribution is 0.253. The molecule has 1 aliphatic carbocycles. The van der Waals surface area contributed by atoms with Gasteiger partial charge in [0.15, 0.2) is 5.58 Å². The summed E-state index contributed by atoms with van der Waals surface area (Å²) >= 11 is 0. The molecule has 2 heterocycles. The third-order valence-electron chi connectivity index (χ3n) is 6.86. The highest BCUT2D eigenvalue weighted by Crippen LogP contribution is 2.40. The molecule has 0 radical (unpaired) electrons. The molecule has 1 aliphatic rings. The Morgan fingerprint density at radius 1 is 0.970 bits per heavy atom. The second kappa shape index (κ2) is 7.40. The molecular weight excluding hydrogens is 412 g/mol. The van der Waals surface area contributed by atoms with E-state index in [1.165, 1.54) is 0 Å². The van der Waals surface area contributed by atoms with Gasteiger partial charge >= 0.3 is 0 Å². The Labute approximate surface area is 190 Å². The van der Waals surface area contributed by atoms with Crippen LogP contribution in [-0.2, 0) is 12.2 Å². The van der Waals surface area contributed by atoms with Crippen LogP contribution in [0.3, 0.4) is 0 Å². The molecule has 6 nitrogen and oxygen atoms in total. The lowest BCUT2D eigenvalue weighted by atomic mass is 9.72. The van der Waals surface area contributed by atoms with Gasteiger partial charge in [0.25, 0.3) is 0 Å². The third kappa shape index (κ3) is 3.03. The summed E-state index contributed by atoms with van der Waals surface area (Å²) in [5, 5.41) is 5.72. The fraction of sp³-hybridized carbons (Fsp3) is 0.185. The van der Waals surface area contributed by atoms with Crippen LogP contribution in [0, 0.1) is 0 Å². The van der Waals surface area contributed by atoms with E-state index >= 15 is 0 Å². The van der Waals surface area contributed by atoms with Gasteiger partial charge in [-0.3, -0.25) is 4.79 Å². The molecule has 0 saturated heterocycles. The minimum absolute atomic E-state index is 0.0827. The molecule has 5 aromatic rings. The predicted octanol–water partition coefficient (Wildman–Crippen LogP) is 4.73. The SMILES string of the molecule is NCn1ncc2ccc3c(=O)c(-c4ccc(C5(N)CCC5)cc4)c(-c4ccccc4)oc3c21. The van der Waals surface area contributed by atoms with Crippen LogP contribution in [0.25, 0.3) is 44.3 Å². The minimum atomic E-state index is -0.249. The zero-order valence-electron chi connectivity index (χ0n) is 18.1. The van der Waals surface area contributed by atoms with Crippen molar-refractivity contribution in [1.82, 2.24) is 9.78 Å². The van der Waals surface area contributed by atoms with Crippen LogP contribution in [0.15, 0.2) is 82.1 Å². The van der Waals surface area contributed by atoms with Gasteiger partial charge < -0.3 is 15.9 Å². The molecule has 6 rings (SSSR count). The van der Waals surface area contributed by atoms with Gasteiger partial charge in [0.05, 0.1) is 23.8 Å². The maximum Gasteiger partial charge on any atom is 0.201 e. The smallest absolute Gasteiger partial charge is 0.201 e. The van der Waals surface area contributed by atoms with Gasteiger partial charge in [0, 0.05) is 16.5 Å².